The fourth-order valence-electron chi connectivity index (χ4n) is 3.01. The normalized spacial score (nSPS) is 23.6. The van der Waals surface area contributed by atoms with E-state index in [4.69, 9.17) is 0 Å². The Morgan fingerprint density at radius 3 is 2.78 bits per heavy atom. The summed E-state index contributed by atoms with van der Waals surface area (Å²) in [7, 11) is 0. The second-order valence-electron chi connectivity index (χ2n) is 6.13. The molecule has 23 heavy (non-hydrogen) atoms. The maximum Gasteiger partial charge on any atom is 0.242 e. The highest BCUT2D eigenvalue weighted by Gasteiger charge is 2.32. The van der Waals surface area contributed by atoms with Crippen molar-refractivity contribution in [1.29, 1.82) is 0 Å². The van der Waals surface area contributed by atoms with Crippen LogP contribution in [0, 0.1) is 0 Å². The molecule has 0 N–H and O–H groups in total. The van der Waals surface area contributed by atoms with Crippen molar-refractivity contribution in [2.75, 3.05) is 10.7 Å². The minimum atomic E-state index is -0.114. The fraction of sp³-hybridized carbons (Fsp3) is 0.688. The van der Waals surface area contributed by atoms with Crippen LogP contribution in [0.25, 0.3) is 0 Å². The minimum absolute atomic E-state index is 0.114. The van der Waals surface area contributed by atoms with Crippen molar-refractivity contribution in [2.24, 2.45) is 4.99 Å². The van der Waals surface area contributed by atoms with Gasteiger partial charge in [-0.3, -0.25) is 14.7 Å². The van der Waals surface area contributed by atoms with E-state index in [-0.39, 0.29) is 11.2 Å². The first-order valence-corrected chi connectivity index (χ1v) is 11.0. The van der Waals surface area contributed by atoms with E-state index < -0.39 is 0 Å². The molecule has 4 nitrogen and oxygen atoms in total. The topological polar surface area (TPSA) is 45.6 Å². The first-order valence-electron chi connectivity index (χ1n) is 8.25. The molecular formula is C16H23N3OS3. The molecule has 1 aliphatic carbocycles. The number of carbonyl (C=O) groups is 1. The number of anilines is 1. The summed E-state index contributed by atoms with van der Waals surface area (Å²) in [6.45, 7) is 4.12. The van der Waals surface area contributed by atoms with Gasteiger partial charge in [0.25, 0.3) is 0 Å². The Morgan fingerprint density at radius 2 is 2.17 bits per heavy atom. The molecule has 0 bridgehead atoms. The summed E-state index contributed by atoms with van der Waals surface area (Å²) in [5, 5.41) is 2.69. The van der Waals surface area contributed by atoms with Gasteiger partial charge in [0, 0.05) is 23.4 Å². The molecule has 2 atom stereocenters. The van der Waals surface area contributed by atoms with Gasteiger partial charge in [-0.15, -0.1) is 11.3 Å². The standard InChI is InChI=1S/C16H23N3OS3/c1-11-10-22-16(18-11)23-12(2)14(20)19(15-17-8-9-21-15)13-6-4-3-5-7-13/h8-9,11-13H,3-7,10H2,1-2H3/t11-,12+/m1/s1. The van der Waals surface area contributed by atoms with Crippen LogP contribution in [-0.4, -0.2) is 38.4 Å². The predicted molar refractivity (Wildman–Crippen MR) is 103 cm³/mol. The molecule has 0 radical (unpaired) electrons. The van der Waals surface area contributed by atoms with Crippen LogP contribution >= 0.6 is 34.9 Å². The van der Waals surface area contributed by atoms with Crippen LogP contribution in [-0.2, 0) is 4.79 Å². The van der Waals surface area contributed by atoms with Crippen LogP contribution in [0.4, 0.5) is 5.13 Å². The van der Waals surface area contributed by atoms with Crippen molar-refractivity contribution in [3.8, 4) is 0 Å². The second kappa shape index (κ2) is 8.03. The van der Waals surface area contributed by atoms with Crippen LogP contribution in [0.1, 0.15) is 46.0 Å². The third-order valence-corrected chi connectivity index (χ3v) is 7.48. The molecular weight excluding hydrogens is 346 g/mol. The van der Waals surface area contributed by atoms with Crippen molar-refractivity contribution in [1.82, 2.24) is 4.98 Å². The van der Waals surface area contributed by atoms with Gasteiger partial charge in [0.05, 0.1) is 11.3 Å². The number of amides is 1. The molecule has 2 aliphatic rings. The van der Waals surface area contributed by atoms with E-state index in [2.05, 4.69) is 16.9 Å². The third kappa shape index (κ3) is 4.31. The zero-order valence-electron chi connectivity index (χ0n) is 13.6. The van der Waals surface area contributed by atoms with Crippen LogP contribution in [0.15, 0.2) is 16.6 Å². The highest BCUT2D eigenvalue weighted by molar-refractivity contribution is 8.39. The molecule has 3 rings (SSSR count). The molecule has 1 fully saturated rings. The quantitative estimate of drug-likeness (QED) is 0.788. The second-order valence-corrected chi connectivity index (χ2v) is 9.60. The van der Waals surface area contributed by atoms with Gasteiger partial charge in [-0.05, 0) is 26.7 Å². The van der Waals surface area contributed by atoms with E-state index in [1.807, 2.05) is 17.2 Å². The lowest BCUT2D eigenvalue weighted by molar-refractivity contribution is -0.118. The maximum atomic E-state index is 13.1. The number of aromatic nitrogens is 1. The Hall–Kier alpha value is -0.530. The number of hydrogen-bond donors (Lipinski definition) is 0. The van der Waals surface area contributed by atoms with E-state index in [1.165, 1.54) is 19.3 Å². The van der Waals surface area contributed by atoms with Gasteiger partial charge in [-0.25, -0.2) is 4.98 Å². The average Bonchev–Trinajstić information content (AvgIpc) is 3.21. The highest BCUT2D eigenvalue weighted by Crippen LogP contribution is 2.33. The summed E-state index contributed by atoms with van der Waals surface area (Å²) < 4.78 is 1.06. The number of aliphatic imine (C=N–C) groups is 1. The first kappa shape index (κ1) is 17.3. The minimum Gasteiger partial charge on any atom is -0.284 e. The van der Waals surface area contributed by atoms with Crippen molar-refractivity contribution in [3.63, 3.8) is 0 Å². The smallest absolute Gasteiger partial charge is 0.242 e. The SMILES string of the molecule is C[C@@H]1CSC(S[C@@H](C)C(=O)N(c2nccs2)C2CCCCC2)=N1. The molecule has 0 spiro atoms. The van der Waals surface area contributed by atoms with E-state index in [1.54, 1.807) is 41.1 Å². The Morgan fingerprint density at radius 1 is 1.39 bits per heavy atom. The summed E-state index contributed by atoms with van der Waals surface area (Å²) in [6, 6.07) is 0.681. The molecule has 1 amide bonds. The van der Waals surface area contributed by atoms with Crippen molar-refractivity contribution < 1.29 is 4.79 Å². The summed E-state index contributed by atoms with van der Waals surface area (Å²) >= 11 is 4.94. The van der Waals surface area contributed by atoms with Crippen LogP contribution in [0.5, 0.6) is 0 Å². The third-order valence-electron chi connectivity index (χ3n) is 4.20. The van der Waals surface area contributed by atoms with E-state index in [0.717, 1.165) is 28.1 Å². The van der Waals surface area contributed by atoms with Gasteiger partial charge in [0.15, 0.2) is 5.13 Å². The van der Waals surface area contributed by atoms with E-state index >= 15 is 0 Å². The van der Waals surface area contributed by atoms with Gasteiger partial charge in [0.2, 0.25) is 5.91 Å². The molecule has 126 valence electrons. The van der Waals surface area contributed by atoms with E-state index in [9.17, 15) is 4.79 Å². The van der Waals surface area contributed by atoms with Gasteiger partial charge in [-0.2, -0.15) is 0 Å². The van der Waals surface area contributed by atoms with Gasteiger partial charge < -0.3 is 0 Å². The Labute approximate surface area is 150 Å². The predicted octanol–water partition coefficient (Wildman–Crippen LogP) is 4.42. The molecule has 0 unspecified atom stereocenters. The Bertz CT molecular complexity index is 555. The van der Waals surface area contributed by atoms with Crippen molar-refractivity contribution >= 4 is 50.3 Å². The van der Waals surface area contributed by atoms with Gasteiger partial charge in [0.1, 0.15) is 4.38 Å². The molecule has 1 saturated carbocycles. The molecule has 1 aromatic heterocycles. The summed E-state index contributed by atoms with van der Waals surface area (Å²) in [5.74, 6) is 1.21. The van der Waals surface area contributed by atoms with Crippen molar-refractivity contribution in [3.05, 3.63) is 11.6 Å². The molecule has 2 heterocycles. The number of hydrogen-bond acceptors (Lipinski definition) is 6. The molecule has 0 saturated heterocycles. The van der Waals surface area contributed by atoms with Gasteiger partial charge >= 0.3 is 0 Å². The zero-order valence-corrected chi connectivity index (χ0v) is 16.1. The van der Waals surface area contributed by atoms with Crippen molar-refractivity contribution in [2.45, 2.75) is 63.3 Å². The largest absolute Gasteiger partial charge is 0.284 e. The van der Waals surface area contributed by atoms with Crippen LogP contribution < -0.4 is 4.90 Å². The number of thioether (sulfide) groups is 2. The molecule has 0 aromatic carbocycles. The lowest BCUT2D eigenvalue weighted by atomic mass is 9.94. The average molecular weight is 370 g/mol. The fourth-order valence-corrected chi connectivity index (χ4v) is 6.11. The number of carbonyl (C=O) groups excluding carboxylic acids is 1. The Balaban J connectivity index is 1.73. The van der Waals surface area contributed by atoms with Gasteiger partial charge in [-0.1, -0.05) is 42.8 Å². The summed E-state index contributed by atoms with van der Waals surface area (Å²) in [6.07, 6.45) is 7.68. The zero-order chi connectivity index (χ0) is 16.2. The highest BCUT2D eigenvalue weighted by atomic mass is 32.2. The number of nitrogens with zero attached hydrogens (tertiary/aromatic N) is 3. The molecule has 7 heteroatoms. The van der Waals surface area contributed by atoms with Crippen LogP contribution in [0.3, 0.4) is 0 Å². The number of rotatable bonds is 4. The molecule has 1 aliphatic heterocycles. The molecule has 1 aromatic rings. The van der Waals surface area contributed by atoms with Crippen LogP contribution in [0.2, 0.25) is 0 Å². The lowest BCUT2D eigenvalue weighted by Gasteiger charge is -2.34. The summed E-state index contributed by atoms with van der Waals surface area (Å²) in [5.41, 5.74) is 0. The summed E-state index contributed by atoms with van der Waals surface area (Å²) in [4.78, 5) is 24.1. The van der Waals surface area contributed by atoms with E-state index in [0.29, 0.717) is 12.1 Å². The number of thiazole rings is 1. The first-order chi connectivity index (χ1) is 11.1. The monoisotopic (exact) mass is 369 g/mol. The maximum absolute atomic E-state index is 13.1. The lowest BCUT2D eigenvalue weighted by Crippen LogP contribution is -2.45. The Kier molecular flexibility index (Phi) is 6.04.